The van der Waals surface area contributed by atoms with Crippen LogP contribution >= 0.6 is 0 Å². The smallest absolute Gasteiger partial charge is 0.342 e. The number of aromatic hydroxyl groups is 2. The van der Waals surface area contributed by atoms with E-state index in [1.54, 1.807) is 0 Å². The number of ether oxygens (including phenoxy) is 1. The zero-order chi connectivity index (χ0) is 18.2. The third-order valence-electron chi connectivity index (χ3n) is 4.79. The Bertz CT molecular complexity index is 569. The van der Waals surface area contributed by atoms with Crippen molar-refractivity contribution in [3.63, 3.8) is 0 Å². The van der Waals surface area contributed by atoms with Gasteiger partial charge >= 0.3 is 5.97 Å². The molecule has 0 bridgehead atoms. The highest BCUT2D eigenvalue weighted by Gasteiger charge is 2.29. The third-order valence-corrected chi connectivity index (χ3v) is 4.79. The van der Waals surface area contributed by atoms with Crippen molar-refractivity contribution in [3.8, 4) is 11.5 Å². The number of unbranched alkanes of at least 4 members (excludes halogenated alkanes) is 4. The van der Waals surface area contributed by atoms with Gasteiger partial charge in [-0.3, -0.25) is 0 Å². The van der Waals surface area contributed by atoms with Gasteiger partial charge < -0.3 is 20.1 Å². The van der Waals surface area contributed by atoms with Gasteiger partial charge in [0.15, 0.2) is 0 Å². The summed E-state index contributed by atoms with van der Waals surface area (Å²) in [7, 11) is 0. The lowest BCUT2D eigenvalue weighted by atomic mass is 9.94. The molecule has 0 aromatic heterocycles. The maximum atomic E-state index is 12.0. The molecular weight excluding hydrogens is 320 g/mol. The van der Waals surface area contributed by atoms with Gasteiger partial charge in [-0.1, -0.05) is 39.0 Å². The fourth-order valence-corrected chi connectivity index (χ4v) is 3.48. The zero-order valence-electron chi connectivity index (χ0n) is 15.0. The van der Waals surface area contributed by atoms with Gasteiger partial charge in [0.05, 0.1) is 6.10 Å². The molecule has 0 saturated heterocycles. The molecule has 1 aliphatic heterocycles. The molecule has 1 heterocycles. The number of esters is 1. The molecule has 0 saturated carbocycles. The first-order chi connectivity index (χ1) is 12.0. The number of fused-ring (bicyclic) bond motifs is 1. The fourth-order valence-electron chi connectivity index (χ4n) is 3.48. The molecule has 1 unspecified atom stereocenters. The summed E-state index contributed by atoms with van der Waals surface area (Å²) in [5, 5.41) is 29.0. The molecule has 140 valence electrons. The number of hydrogen-bond acceptors (Lipinski definition) is 5. The zero-order valence-corrected chi connectivity index (χ0v) is 15.0. The van der Waals surface area contributed by atoms with Crippen LogP contribution in [-0.2, 0) is 11.2 Å². The molecule has 2 atom stereocenters. The molecule has 0 radical (unpaired) electrons. The van der Waals surface area contributed by atoms with Crippen LogP contribution in [0.25, 0.3) is 0 Å². The first-order valence-corrected chi connectivity index (χ1v) is 9.45. The Morgan fingerprint density at radius 3 is 2.60 bits per heavy atom. The van der Waals surface area contributed by atoms with Crippen LogP contribution in [0.15, 0.2) is 12.1 Å². The molecule has 1 aromatic carbocycles. The minimum absolute atomic E-state index is 0.0324. The van der Waals surface area contributed by atoms with E-state index in [0.717, 1.165) is 63.9 Å². The number of carbonyl (C=O) groups is 1. The number of phenolic OH excluding ortho intramolecular Hbond substituents is 2. The van der Waals surface area contributed by atoms with Crippen LogP contribution in [0.2, 0.25) is 0 Å². The summed E-state index contributed by atoms with van der Waals surface area (Å²) in [5.41, 5.74) is 0.836. The van der Waals surface area contributed by atoms with Gasteiger partial charge in [0, 0.05) is 12.5 Å². The Hall–Kier alpha value is -1.75. The van der Waals surface area contributed by atoms with E-state index in [9.17, 15) is 20.1 Å². The molecule has 0 amide bonds. The highest BCUT2D eigenvalue weighted by molar-refractivity contribution is 5.95. The van der Waals surface area contributed by atoms with Crippen LogP contribution in [0.4, 0.5) is 0 Å². The number of rotatable bonds is 10. The van der Waals surface area contributed by atoms with E-state index in [0.29, 0.717) is 12.0 Å². The van der Waals surface area contributed by atoms with Crippen molar-refractivity contribution < 1.29 is 24.9 Å². The predicted molar refractivity (Wildman–Crippen MR) is 95.9 cm³/mol. The molecule has 5 nitrogen and oxygen atoms in total. The van der Waals surface area contributed by atoms with Crippen LogP contribution < -0.4 is 0 Å². The Morgan fingerprint density at radius 2 is 1.84 bits per heavy atom. The van der Waals surface area contributed by atoms with E-state index in [1.165, 1.54) is 6.07 Å². The second kappa shape index (κ2) is 9.66. The summed E-state index contributed by atoms with van der Waals surface area (Å²) in [6, 6.07) is 2.70. The predicted octanol–water partition coefficient (Wildman–Crippen LogP) is 4.07. The van der Waals surface area contributed by atoms with Crippen LogP contribution in [0.1, 0.15) is 80.6 Å². The first kappa shape index (κ1) is 19.6. The topological polar surface area (TPSA) is 87.0 Å². The SMILES string of the molecule is CCCC(O)CCCCCCC[C@@H]1Cc2cc(O)cc(O)c2C(=O)O1. The molecule has 1 aliphatic rings. The minimum Gasteiger partial charge on any atom is -0.508 e. The Kier molecular flexibility index (Phi) is 7.56. The molecule has 0 fully saturated rings. The number of aliphatic hydroxyl groups excluding tert-OH is 1. The lowest BCUT2D eigenvalue weighted by Crippen LogP contribution is -2.27. The van der Waals surface area contributed by atoms with E-state index >= 15 is 0 Å². The monoisotopic (exact) mass is 350 g/mol. The van der Waals surface area contributed by atoms with E-state index in [1.807, 2.05) is 0 Å². The summed E-state index contributed by atoms with van der Waals surface area (Å²) >= 11 is 0. The van der Waals surface area contributed by atoms with Crippen molar-refractivity contribution >= 4 is 5.97 Å². The van der Waals surface area contributed by atoms with Crippen molar-refractivity contribution in [2.75, 3.05) is 0 Å². The molecule has 1 aromatic rings. The molecule has 5 heteroatoms. The van der Waals surface area contributed by atoms with Gasteiger partial charge in [0.1, 0.15) is 23.2 Å². The van der Waals surface area contributed by atoms with E-state index in [-0.39, 0.29) is 29.3 Å². The maximum Gasteiger partial charge on any atom is 0.342 e. The summed E-state index contributed by atoms with van der Waals surface area (Å²) in [6.45, 7) is 2.09. The summed E-state index contributed by atoms with van der Waals surface area (Å²) in [4.78, 5) is 12.0. The van der Waals surface area contributed by atoms with Crippen molar-refractivity contribution in [2.45, 2.75) is 83.3 Å². The van der Waals surface area contributed by atoms with Crippen molar-refractivity contribution in [2.24, 2.45) is 0 Å². The first-order valence-electron chi connectivity index (χ1n) is 9.45. The number of aliphatic hydroxyl groups is 1. The average molecular weight is 350 g/mol. The second-order valence-corrected chi connectivity index (χ2v) is 7.02. The number of benzene rings is 1. The van der Waals surface area contributed by atoms with Gasteiger partial charge in [-0.2, -0.15) is 0 Å². The van der Waals surface area contributed by atoms with E-state index < -0.39 is 5.97 Å². The number of carbonyl (C=O) groups excluding carboxylic acids is 1. The highest BCUT2D eigenvalue weighted by Crippen LogP contribution is 2.33. The summed E-state index contributed by atoms with van der Waals surface area (Å²) in [5.74, 6) is -0.757. The van der Waals surface area contributed by atoms with Crippen LogP contribution in [0.3, 0.4) is 0 Å². The van der Waals surface area contributed by atoms with Gasteiger partial charge in [-0.15, -0.1) is 0 Å². The Labute approximate surface area is 149 Å². The Morgan fingerprint density at radius 1 is 1.12 bits per heavy atom. The standard InChI is InChI=1S/C20H30O5/c1-2-8-15(21)9-6-4-3-5-7-10-17-12-14-11-16(22)13-18(23)19(14)20(24)25-17/h11,13,15,17,21-23H,2-10,12H2,1H3/t15?,17-/m1/s1. The van der Waals surface area contributed by atoms with Gasteiger partial charge in [-0.25, -0.2) is 4.79 Å². The van der Waals surface area contributed by atoms with Crippen LogP contribution in [0, 0.1) is 0 Å². The fraction of sp³-hybridized carbons (Fsp3) is 0.650. The minimum atomic E-state index is -0.506. The average Bonchev–Trinajstić information content (AvgIpc) is 2.53. The van der Waals surface area contributed by atoms with Gasteiger partial charge in [0.25, 0.3) is 0 Å². The summed E-state index contributed by atoms with van der Waals surface area (Å²) < 4.78 is 5.41. The quantitative estimate of drug-likeness (QED) is 0.437. The third kappa shape index (κ3) is 5.92. The number of cyclic esters (lactones) is 1. The summed E-state index contributed by atoms with van der Waals surface area (Å²) in [6.07, 6.45) is 9.15. The molecule has 0 spiro atoms. The lowest BCUT2D eigenvalue weighted by Gasteiger charge is -2.25. The molecular formula is C20H30O5. The molecule has 25 heavy (non-hydrogen) atoms. The maximum absolute atomic E-state index is 12.0. The van der Waals surface area contributed by atoms with E-state index in [4.69, 9.17) is 4.74 Å². The molecule has 2 rings (SSSR count). The number of hydrogen-bond donors (Lipinski definition) is 3. The second-order valence-electron chi connectivity index (χ2n) is 7.02. The Balaban J connectivity index is 1.67. The number of phenols is 2. The van der Waals surface area contributed by atoms with Gasteiger partial charge in [0.2, 0.25) is 0 Å². The van der Waals surface area contributed by atoms with Gasteiger partial charge in [-0.05, 0) is 37.3 Å². The van der Waals surface area contributed by atoms with Crippen molar-refractivity contribution in [1.82, 2.24) is 0 Å². The van der Waals surface area contributed by atoms with Crippen LogP contribution in [0.5, 0.6) is 11.5 Å². The van der Waals surface area contributed by atoms with Crippen molar-refractivity contribution in [1.29, 1.82) is 0 Å². The van der Waals surface area contributed by atoms with E-state index in [2.05, 4.69) is 6.92 Å². The van der Waals surface area contributed by atoms with Crippen molar-refractivity contribution in [3.05, 3.63) is 23.3 Å². The lowest BCUT2D eigenvalue weighted by molar-refractivity contribution is 0.0227. The molecule has 3 N–H and O–H groups in total. The van der Waals surface area contributed by atoms with Crippen LogP contribution in [-0.4, -0.2) is 33.5 Å². The largest absolute Gasteiger partial charge is 0.508 e. The molecule has 0 aliphatic carbocycles. The highest BCUT2D eigenvalue weighted by atomic mass is 16.5. The normalized spacial score (nSPS) is 17.8.